The zero-order valence-corrected chi connectivity index (χ0v) is 14.8. The van der Waals surface area contributed by atoms with E-state index < -0.39 is 11.9 Å². The molecule has 0 spiro atoms. The van der Waals surface area contributed by atoms with Crippen LogP contribution >= 0.6 is 11.3 Å². The van der Waals surface area contributed by atoms with Crippen LogP contribution in [0.5, 0.6) is 5.75 Å². The molecule has 1 atom stereocenters. The highest BCUT2D eigenvalue weighted by Gasteiger charge is 2.30. The summed E-state index contributed by atoms with van der Waals surface area (Å²) < 4.78 is 5.68. The van der Waals surface area contributed by atoms with Crippen molar-refractivity contribution in [1.82, 2.24) is 9.88 Å². The molecule has 25 heavy (non-hydrogen) atoms. The Bertz CT molecular complexity index is 760. The lowest BCUT2D eigenvalue weighted by Gasteiger charge is -2.30. The van der Waals surface area contributed by atoms with Gasteiger partial charge in [0.05, 0.1) is 11.6 Å². The van der Waals surface area contributed by atoms with Gasteiger partial charge in [-0.15, -0.1) is 11.3 Å². The summed E-state index contributed by atoms with van der Waals surface area (Å²) in [7, 11) is 0. The predicted octanol–water partition coefficient (Wildman–Crippen LogP) is 2.97. The number of aliphatic carboxylic acids is 1. The summed E-state index contributed by atoms with van der Waals surface area (Å²) in [6.45, 7) is 2.96. The first-order chi connectivity index (χ1) is 12.0. The van der Waals surface area contributed by atoms with Gasteiger partial charge in [0, 0.05) is 13.1 Å². The Kier molecular flexibility index (Phi) is 5.33. The number of hydrogen-bond acceptors (Lipinski definition) is 5. The zero-order valence-electron chi connectivity index (χ0n) is 14.0. The number of aryl methyl sites for hydroxylation is 1. The van der Waals surface area contributed by atoms with Crippen molar-refractivity contribution in [1.29, 1.82) is 0 Å². The van der Waals surface area contributed by atoms with Gasteiger partial charge in [-0.1, -0.05) is 18.2 Å². The van der Waals surface area contributed by atoms with Crippen molar-refractivity contribution in [2.24, 2.45) is 5.92 Å². The van der Waals surface area contributed by atoms with E-state index in [9.17, 15) is 14.7 Å². The van der Waals surface area contributed by atoms with Crippen molar-refractivity contribution in [3.63, 3.8) is 0 Å². The predicted molar refractivity (Wildman–Crippen MR) is 93.9 cm³/mol. The maximum Gasteiger partial charge on any atom is 0.308 e. The number of piperidine rings is 1. The van der Waals surface area contributed by atoms with Gasteiger partial charge in [0.2, 0.25) is 0 Å². The summed E-state index contributed by atoms with van der Waals surface area (Å²) in [5.74, 6) is -0.697. The molecular formula is C18H20N2O4S. The Morgan fingerprint density at radius 3 is 2.84 bits per heavy atom. The highest BCUT2D eigenvalue weighted by Crippen LogP contribution is 2.25. The standard InChI is InChI=1S/C18H20N2O4S/c1-12-16(17(21)20-9-5-6-13(10-20)18(22)23)25-15(19-12)11-24-14-7-3-2-4-8-14/h2-4,7-8,13H,5-6,9-11H2,1H3,(H,22,23). The fourth-order valence-corrected chi connectivity index (χ4v) is 3.83. The van der Waals surface area contributed by atoms with Gasteiger partial charge in [0.1, 0.15) is 22.2 Å². The van der Waals surface area contributed by atoms with Crippen LogP contribution in [0.4, 0.5) is 0 Å². The van der Waals surface area contributed by atoms with Crippen LogP contribution in [0.2, 0.25) is 0 Å². The molecule has 0 radical (unpaired) electrons. The molecule has 0 aliphatic carbocycles. The van der Waals surface area contributed by atoms with Crippen LogP contribution in [-0.2, 0) is 11.4 Å². The molecule has 0 bridgehead atoms. The Labute approximate surface area is 150 Å². The van der Waals surface area contributed by atoms with E-state index in [0.29, 0.717) is 36.6 Å². The number of benzene rings is 1. The first kappa shape index (κ1) is 17.4. The zero-order chi connectivity index (χ0) is 17.8. The summed E-state index contributed by atoms with van der Waals surface area (Å²) >= 11 is 1.32. The minimum Gasteiger partial charge on any atom is -0.486 e. The maximum absolute atomic E-state index is 12.7. The monoisotopic (exact) mass is 360 g/mol. The van der Waals surface area contributed by atoms with Crippen LogP contribution in [0, 0.1) is 12.8 Å². The largest absolute Gasteiger partial charge is 0.486 e. The molecule has 2 heterocycles. The third-order valence-corrected chi connectivity index (χ3v) is 5.32. The van der Waals surface area contributed by atoms with Crippen LogP contribution in [0.25, 0.3) is 0 Å². The molecule has 132 valence electrons. The third kappa shape index (κ3) is 4.17. The molecule has 1 fully saturated rings. The van der Waals surface area contributed by atoms with Gasteiger partial charge in [0.15, 0.2) is 0 Å². The minimum atomic E-state index is -0.838. The molecule has 1 unspecified atom stereocenters. The summed E-state index contributed by atoms with van der Waals surface area (Å²) in [6, 6.07) is 9.44. The van der Waals surface area contributed by atoms with Gasteiger partial charge in [-0.2, -0.15) is 0 Å². The van der Waals surface area contributed by atoms with E-state index in [1.165, 1.54) is 11.3 Å². The fraction of sp³-hybridized carbons (Fsp3) is 0.389. The summed E-state index contributed by atoms with van der Waals surface area (Å²) in [5, 5.41) is 9.91. The molecule has 1 aromatic heterocycles. The molecule has 6 nitrogen and oxygen atoms in total. The number of amides is 1. The average molecular weight is 360 g/mol. The van der Waals surface area contributed by atoms with Crippen LogP contribution in [0.3, 0.4) is 0 Å². The summed E-state index contributed by atoms with van der Waals surface area (Å²) in [5.41, 5.74) is 0.666. The van der Waals surface area contributed by atoms with Crippen LogP contribution < -0.4 is 4.74 Å². The smallest absolute Gasteiger partial charge is 0.308 e. The quantitative estimate of drug-likeness (QED) is 0.887. The van der Waals surface area contributed by atoms with Gasteiger partial charge in [-0.05, 0) is 31.9 Å². The molecule has 3 rings (SSSR count). The topological polar surface area (TPSA) is 79.7 Å². The van der Waals surface area contributed by atoms with Crippen LogP contribution in [0.15, 0.2) is 30.3 Å². The molecule has 1 amide bonds. The number of thiazole rings is 1. The molecule has 1 aromatic carbocycles. The van der Waals surface area contributed by atoms with Crippen molar-refractivity contribution >= 4 is 23.2 Å². The molecule has 2 aromatic rings. The average Bonchev–Trinajstić information content (AvgIpc) is 3.01. The third-order valence-electron chi connectivity index (χ3n) is 4.20. The lowest BCUT2D eigenvalue weighted by Crippen LogP contribution is -2.42. The van der Waals surface area contributed by atoms with Crippen molar-refractivity contribution in [2.75, 3.05) is 13.1 Å². The van der Waals surface area contributed by atoms with Crippen molar-refractivity contribution in [3.8, 4) is 5.75 Å². The number of hydrogen-bond donors (Lipinski definition) is 1. The minimum absolute atomic E-state index is 0.132. The van der Waals surface area contributed by atoms with Gasteiger partial charge in [-0.3, -0.25) is 9.59 Å². The first-order valence-electron chi connectivity index (χ1n) is 8.21. The van der Waals surface area contributed by atoms with Crippen molar-refractivity contribution in [3.05, 3.63) is 45.9 Å². The van der Waals surface area contributed by atoms with E-state index in [1.54, 1.807) is 11.8 Å². The summed E-state index contributed by atoms with van der Waals surface area (Å²) in [6.07, 6.45) is 1.33. The van der Waals surface area contributed by atoms with E-state index in [1.807, 2.05) is 30.3 Å². The number of ether oxygens (including phenoxy) is 1. The highest BCUT2D eigenvalue weighted by molar-refractivity contribution is 7.13. The Hall–Kier alpha value is -2.41. The Balaban J connectivity index is 1.67. The summed E-state index contributed by atoms with van der Waals surface area (Å²) in [4.78, 5) is 30.5. The molecule has 1 aliphatic rings. The second-order valence-electron chi connectivity index (χ2n) is 6.05. The van der Waals surface area contributed by atoms with Gasteiger partial charge >= 0.3 is 5.97 Å². The van der Waals surface area contributed by atoms with E-state index >= 15 is 0 Å². The number of aromatic nitrogens is 1. The van der Waals surface area contributed by atoms with Crippen molar-refractivity contribution in [2.45, 2.75) is 26.4 Å². The second kappa shape index (κ2) is 7.65. The number of carbonyl (C=O) groups is 2. The highest BCUT2D eigenvalue weighted by atomic mass is 32.1. The molecule has 1 N–H and O–H groups in total. The van der Waals surface area contributed by atoms with Crippen molar-refractivity contribution < 1.29 is 19.4 Å². The van der Waals surface area contributed by atoms with Gasteiger partial charge in [-0.25, -0.2) is 4.98 Å². The Morgan fingerprint density at radius 1 is 1.36 bits per heavy atom. The number of nitrogens with zero attached hydrogens (tertiary/aromatic N) is 2. The fourth-order valence-electron chi connectivity index (χ4n) is 2.88. The SMILES string of the molecule is Cc1nc(COc2ccccc2)sc1C(=O)N1CCCC(C(=O)O)C1. The maximum atomic E-state index is 12.7. The van der Waals surface area contributed by atoms with Crippen LogP contribution in [-0.4, -0.2) is 40.0 Å². The number of likely N-dealkylation sites (tertiary alicyclic amines) is 1. The molecule has 7 heteroatoms. The van der Waals surface area contributed by atoms with E-state index in [4.69, 9.17) is 4.74 Å². The second-order valence-corrected chi connectivity index (χ2v) is 7.14. The number of carboxylic acids is 1. The lowest BCUT2D eigenvalue weighted by molar-refractivity contribution is -0.143. The molecule has 0 saturated carbocycles. The molecule has 1 aliphatic heterocycles. The van der Waals surface area contributed by atoms with Gasteiger partial charge < -0.3 is 14.7 Å². The number of rotatable bonds is 5. The van der Waals surface area contributed by atoms with E-state index in [2.05, 4.69) is 4.98 Å². The van der Waals surface area contributed by atoms with E-state index in [0.717, 1.165) is 10.8 Å². The number of carbonyl (C=O) groups excluding carboxylic acids is 1. The van der Waals surface area contributed by atoms with Crippen LogP contribution in [0.1, 0.15) is 33.2 Å². The molecule has 1 saturated heterocycles. The van der Waals surface area contributed by atoms with E-state index in [-0.39, 0.29) is 12.5 Å². The lowest BCUT2D eigenvalue weighted by atomic mass is 9.98. The number of para-hydroxylation sites is 1. The molecular weight excluding hydrogens is 340 g/mol. The first-order valence-corrected chi connectivity index (χ1v) is 9.02. The number of carboxylic acid groups (broad SMARTS) is 1. The Morgan fingerprint density at radius 2 is 2.12 bits per heavy atom. The van der Waals surface area contributed by atoms with Gasteiger partial charge in [0.25, 0.3) is 5.91 Å². The normalized spacial score (nSPS) is 17.3.